The van der Waals surface area contributed by atoms with Crippen molar-refractivity contribution in [2.24, 2.45) is 0 Å². The molecule has 4 aromatic rings. The van der Waals surface area contributed by atoms with E-state index in [9.17, 15) is 4.79 Å². The van der Waals surface area contributed by atoms with Crippen molar-refractivity contribution in [3.8, 4) is 0 Å². The van der Waals surface area contributed by atoms with Gasteiger partial charge < -0.3 is 5.32 Å². The number of hydrogen-bond acceptors (Lipinski definition) is 5. The molecule has 1 N–H and O–H groups in total. The number of fused-ring (bicyclic) bond motifs is 1. The first-order valence-corrected chi connectivity index (χ1v) is 8.21. The molecule has 130 valence electrons. The summed E-state index contributed by atoms with van der Waals surface area (Å²) in [5.41, 5.74) is 2.98. The van der Waals surface area contributed by atoms with Crippen LogP contribution in [0.25, 0.3) is 5.78 Å². The second-order valence-corrected chi connectivity index (χ2v) is 5.89. The van der Waals surface area contributed by atoms with E-state index in [0.29, 0.717) is 18.9 Å². The predicted octanol–water partition coefficient (Wildman–Crippen LogP) is 1.61. The first kappa shape index (κ1) is 15.9. The van der Waals surface area contributed by atoms with Crippen LogP contribution in [0, 0.1) is 6.92 Å². The van der Waals surface area contributed by atoms with Crippen LogP contribution in [-0.2, 0) is 13.1 Å². The number of nitrogens with zero attached hydrogens (tertiary/aromatic N) is 6. The van der Waals surface area contributed by atoms with Gasteiger partial charge in [0.25, 0.3) is 11.7 Å². The SMILES string of the molecule is Cc1ccnc2nc(C(=O)NCc3ccccc3Cn3cccn3)nn12. The molecule has 0 saturated heterocycles. The number of nitrogens with one attached hydrogen (secondary N) is 1. The summed E-state index contributed by atoms with van der Waals surface area (Å²) in [4.78, 5) is 20.7. The van der Waals surface area contributed by atoms with Crippen molar-refractivity contribution in [1.29, 1.82) is 0 Å². The molecule has 0 radical (unpaired) electrons. The lowest BCUT2D eigenvalue weighted by Gasteiger charge is -2.10. The Morgan fingerprint density at radius 3 is 2.73 bits per heavy atom. The van der Waals surface area contributed by atoms with E-state index in [2.05, 4.69) is 25.5 Å². The Balaban J connectivity index is 1.50. The molecule has 1 aromatic carbocycles. The monoisotopic (exact) mass is 347 g/mol. The quantitative estimate of drug-likeness (QED) is 0.592. The highest BCUT2D eigenvalue weighted by Crippen LogP contribution is 2.10. The molecule has 8 nitrogen and oxygen atoms in total. The Morgan fingerprint density at radius 1 is 1.12 bits per heavy atom. The van der Waals surface area contributed by atoms with Gasteiger partial charge in [0, 0.05) is 30.8 Å². The molecule has 0 atom stereocenters. The van der Waals surface area contributed by atoms with Gasteiger partial charge in [-0.2, -0.15) is 10.1 Å². The van der Waals surface area contributed by atoms with E-state index in [1.54, 1.807) is 16.9 Å². The first-order chi connectivity index (χ1) is 12.7. The van der Waals surface area contributed by atoms with Gasteiger partial charge in [0.05, 0.1) is 6.54 Å². The third kappa shape index (κ3) is 3.16. The topological polar surface area (TPSA) is 90.0 Å². The minimum Gasteiger partial charge on any atom is -0.345 e. The minimum absolute atomic E-state index is 0.108. The van der Waals surface area contributed by atoms with Gasteiger partial charge in [-0.1, -0.05) is 24.3 Å². The third-order valence-electron chi connectivity index (χ3n) is 4.08. The zero-order chi connectivity index (χ0) is 17.9. The molecule has 1 amide bonds. The van der Waals surface area contributed by atoms with E-state index in [0.717, 1.165) is 16.8 Å². The van der Waals surface area contributed by atoms with E-state index >= 15 is 0 Å². The van der Waals surface area contributed by atoms with Crippen molar-refractivity contribution in [2.45, 2.75) is 20.0 Å². The predicted molar refractivity (Wildman–Crippen MR) is 94.5 cm³/mol. The van der Waals surface area contributed by atoms with Gasteiger partial charge in [-0.05, 0) is 30.2 Å². The Morgan fingerprint density at radius 2 is 1.96 bits per heavy atom. The Bertz CT molecular complexity index is 1050. The van der Waals surface area contributed by atoms with Crippen molar-refractivity contribution < 1.29 is 4.79 Å². The number of aromatic nitrogens is 6. The third-order valence-corrected chi connectivity index (χ3v) is 4.08. The van der Waals surface area contributed by atoms with Crippen LogP contribution < -0.4 is 5.32 Å². The van der Waals surface area contributed by atoms with Crippen molar-refractivity contribution >= 4 is 11.7 Å². The Kier molecular flexibility index (Phi) is 4.14. The lowest BCUT2D eigenvalue weighted by molar-refractivity contribution is 0.0940. The molecule has 26 heavy (non-hydrogen) atoms. The maximum absolute atomic E-state index is 12.4. The number of hydrogen-bond donors (Lipinski definition) is 1. The normalized spacial score (nSPS) is 11.0. The highest BCUT2D eigenvalue weighted by molar-refractivity contribution is 5.90. The smallest absolute Gasteiger partial charge is 0.291 e. The van der Waals surface area contributed by atoms with Crippen molar-refractivity contribution in [3.05, 3.63) is 77.6 Å². The van der Waals surface area contributed by atoms with Gasteiger partial charge in [0.1, 0.15) is 0 Å². The van der Waals surface area contributed by atoms with E-state index < -0.39 is 0 Å². The van der Waals surface area contributed by atoms with Crippen molar-refractivity contribution in [1.82, 2.24) is 34.7 Å². The highest BCUT2D eigenvalue weighted by Gasteiger charge is 2.14. The number of carbonyl (C=O) groups is 1. The molecule has 4 rings (SSSR count). The molecule has 3 aromatic heterocycles. The zero-order valence-electron chi connectivity index (χ0n) is 14.2. The Labute approximate surface area is 149 Å². The van der Waals surface area contributed by atoms with Crippen molar-refractivity contribution in [2.75, 3.05) is 0 Å². The fourth-order valence-corrected chi connectivity index (χ4v) is 2.71. The molecule has 0 saturated carbocycles. The number of amides is 1. The summed E-state index contributed by atoms with van der Waals surface area (Å²) >= 11 is 0. The summed E-state index contributed by atoms with van der Waals surface area (Å²) in [5.74, 6) is 0.189. The van der Waals surface area contributed by atoms with E-state index in [-0.39, 0.29) is 11.7 Å². The van der Waals surface area contributed by atoms with Crippen LogP contribution in [0.1, 0.15) is 27.4 Å². The summed E-state index contributed by atoms with van der Waals surface area (Å²) in [6.07, 6.45) is 5.30. The molecule has 0 aliphatic heterocycles. The lowest BCUT2D eigenvalue weighted by Crippen LogP contribution is -2.25. The molecular weight excluding hydrogens is 330 g/mol. The molecule has 0 spiro atoms. The fourth-order valence-electron chi connectivity index (χ4n) is 2.71. The van der Waals surface area contributed by atoms with Gasteiger partial charge >= 0.3 is 0 Å². The standard InChI is InChI=1S/C18H17N7O/c1-13-7-9-19-18-22-16(23-25(13)18)17(26)20-11-14-5-2-3-6-15(14)12-24-10-4-8-21-24/h2-10H,11-12H2,1H3,(H,20,26). The maximum atomic E-state index is 12.4. The summed E-state index contributed by atoms with van der Waals surface area (Å²) < 4.78 is 3.40. The van der Waals surface area contributed by atoms with Gasteiger partial charge in [-0.25, -0.2) is 9.50 Å². The molecule has 0 aliphatic carbocycles. The van der Waals surface area contributed by atoms with E-state index in [1.165, 1.54) is 0 Å². The van der Waals surface area contributed by atoms with Gasteiger partial charge in [-0.3, -0.25) is 9.48 Å². The lowest BCUT2D eigenvalue weighted by atomic mass is 10.1. The average molecular weight is 347 g/mol. The van der Waals surface area contributed by atoms with Gasteiger partial charge in [0.2, 0.25) is 5.82 Å². The van der Waals surface area contributed by atoms with Crippen LogP contribution in [0.4, 0.5) is 0 Å². The molecule has 0 bridgehead atoms. The summed E-state index contributed by atoms with van der Waals surface area (Å²) in [7, 11) is 0. The summed E-state index contributed by atoms with van der Waals surface area (Å²) in [5, 5.41) is 11.3. The number of benzene rings is 1. The maximum Gasteiger partial charge on any atom is 0.291 e. The summed E-state index contributed by atoms with van der Waals surface area (Å²) in [6, 6.07) is 11.6. The number of aryl methyl sites for hydroxylation is 1. The summed E-state index contributed by atoms with van der Waals surface area (Å²) in [6.45, 7) is 2.92. The minimum atomic E-state index is -0.330. The first-order valence-electron chi connectivity index (χ1n) is 8.21. The van der Waals surface area contributed by atoms with Crippen LogP contribution in [0.5, 0.6) is 0 Å². The molecule has 0 aliphatic rings. The largest absolute Gasteiger partial charge is 0.345 e. The molecular formula is C18H17N7O. The zero-order valence-corrected chi connectivity index (χ0v) is 14.2. The van der Waals surface area contributed by atoms with Gasteiger partial charge in [0.15, 0.2) is 0 Å². The van der Waals surface area contributed by atoms with Crippen LogP contribution >= 0.6 is 0 Å². The highest BCUT2D eigenvalue weighted by atomic mass is 16.2. The number of rotatable bonds is 5. The van der Waals surface area contributed by atoms with Gasteiger partial charge in [-0.15, -0.1) is 5.10 Å². The molecule has 3 heterocycles. The van der Waals surface area contributed by atoms with Crippen molar-refractivity contribution in [3.63, 3.8) is 0 Å². The fraction of sp³-hybridized carbons (Fsp3) is 0.167. The second-order valence-electron chi connectivity index (χ2n) is 5.89. The second kappa shape index (κ2) is 6.75. The van der Waals surface area contributed by atoms with Crippen LogP contribution in [0.2, 0.25) is 0 Å². The van der Waals surface area contributed by atoms with Crippen LogP contribution in [0.15, 0.2) is 55.0 Å². The average Bonchev–Trinajstić information content (AvgIpc) is 3.31. The van der Waals surface area contributed by atoms with Crippen LogP contribution in [0.3, 0.4) is 0 Å². The van der Waals surface area contributed by atoms with E-state index in [1.807, 2.05) is 54.2 Å². The van der Waals surface area contributed by atoms with Crippen LogP contribution in [-0.4, -0.2) is 35.3 Å². The van der Waals surface area contributed by atoms with E-state index in [4.69, 9.17) is 0 Å². The number of carbonyl (C=O) groups excluding carboxylic acids is 1. The molecule has 0 fully saturated rings. The molecule has 0 unspecified atom stereocenters. The Hall–Kier alpha value is -3.55. The molecule has 8 heteroatoms.